The van der Waals surface area contributed by atoms with E-state index in [2.05, 4.69) is 41.3 Å². The van der Waals surface area contributed by atoms with E-state index in [0.29, 0.717) is 16.7 Å². The average Bonchev–Trinajstić information content (AvgIpc) is 3.60. The van der Waals surface area contributed by atoms with E-state index in [4.69, 9.17) is 0 Å². The fourth-order valence-corrected chi connectivity index (χ4v) is 5.77. The molecule has 0 saturated carbocycles. The summed E-state index contributed by atoms with van der Waals surface area (Å²) in [6, 6.07) is 11.9. The monoisotopic (exact) mass is 415 g/mol. The second-order valence-electron chi connectivity index (χ2n) is 9.27. The van der Waals surface area contributed by atoms with Gasteiger partial charge < -0.3 is 4.90 Å². The summed E-state index contributed by atoms with van der Waals surface area (Å²) in [5.41, 5.74) is 12.4. The summed E-state index contributed by atoms with van der Waals surface area (Å²) >= 11 is 0. The molecule has 2 aromatic rings. The molecule has 154 valence electrons. The van der Waals surface area contributed by atoms with Crippen LogP contribution in [0.5, 0.6) is 0 Å². The molecule has 0 saturated heterocycles. The van der Waals surface area contributed by atoms with Gasteiger partial charge in [-0.2, -0.15) is 0 Å². The third kappa shape index (κ3) is 2.48. The van der Waals surface area contributed by atoms with Crippen molar-refractivity contribution in [1.82, 2.24) is 4.90 Å². The molecule has 3 heteroatoms. The Kier molecular flexibility index (Phi) is 3.58. The van der Waals surface area contributed by atoms with Crippen LogP contribution in [-0.4, -0.2) is 29.6 Å². The number of allylic oxidation sites excluding steroid dienone is 6. The number of carbonyl (C=O) groups excluding carboxylic acids is 2. The summed E-state index contributed by atoms with van der Waals surface area (Å²) < 4.78 is 0. The molecule has 1 heterocycles. The SMILES string of the molecule is O=C1C(=CC2=CC=C(N3CC4=C(C3)c3cc5c(cc3C4)C=CC5)C2)C(=O)c2ccccc21. The van der Waals surface area contributed by atoms with Gasteiger partial charge in [-0.15, -0.1) is 0 Å². The quantitative estimate of drug-likeness (QED) is 0.506. The van der Waals surface area contributed by atoms with Crippen molar-refractivity contribution in [2.45, 2.75) is 19.3 Å². The van der Waals surface area contributed by atoms with Crippen LogP contribution >= 0.6 is 0 Å². The standard InChI is InChI=1S/C29H21NO2/c31-28-23-6-1-2-7-24(23)29(32)26(28)11-17-8-9-22(10-17)30-15-21-13-20-12-18-4-3-5-19(18)14-25(20)27(21)16-30/h1-4,6-9,11-12,14H,5,10,13,15-16H2. The number of Topliss-reactive ketones (excluding diaryl/α,β-unsaturated/α-hetero) is 2. The summed E-state index contributed by atoms with van der Waals surface area (Å²) in [5, 5.41) is 0. The van der Waals surface area contributed by atoms with E-state index in [9.17, 15) is 9.59 Å². The highest BCUT2D eigenvalue weighted by Crippen LogP contribution is 2.42. The second-order valence-corrected chi connectivity index (χ2v) is 9.27. The molecule has 4 aliphatic carbocycles. The van der Waals surface area contributed by atoms with Crippen molar-refractivity contribution < 1.29 is 9.59 Å². The third-order valence-electron chi connectivity index (χ3n) is 7.40. The molecule has 0 N–H and O–H groups in total. The van der Waals surface area contributed by atoms with Crippen LogP contribution in [0.2, 0.25) is 0 Å². The number of ketones is 2. The summed E-state index contributed by atoms with van der Waals surface area (Å²) in [7, 11) is 0. The van der Waals surface area contributed by atoms with Gasteiger partial charge >= 0.3 is 0 Å². The molecule has 0 amide bonds. The molecule has 7 rings (SSSR count). The topological polar surface area (TPSA) is 37.4 Å². The predicted molar refractivity (Wildman–Crippen MR) is 125 cm³/mol. The first-order chi connectivity index (χ1) is 15.7. The molecule has 5 aliphatic rings. The maximum atomic E-state index is 12.7. The summed E-state index contributed by atoms with van der Waals surface area (Å²) in [6.45, 7) is 1.92. The molecule has 0 fully saturated rings. The van der Waals surface area contributed by atoms with Crippen molar-refractivity contribution >= 4 is 23.2 Å². The number of benzene rings is 2. The van der Waals surface area contributed by atoms with Gasteiger partial charge in [-0.05, 0) is 64.0 Å². The number of fused-ring (bicyclic) bond motifs is 4. The molecule has 0 unspecified atom stereocenters. The molecular weight excluding hydrogens is 394 g/mol. The Bertz CT molecular complexity index is 1390. The largest absolute Gasteiger partial charge is 0.366 e. The zero-order valence-electron chi connectivity index (χ0n) is 17.7. The van der Waals surface area contributed by atoms with Gasteiger partial charge in [-0.25, -0.2) is 0 Å². The molecule has 0 atom stereocenters. The zero-order chi connectivity index (χ0) is 21.4. The number of hydrogen-bond donors (Lipinski definition) is 0. The Hall–Kier alpha value is -3.72. The molecule has 0 spiro atoms. The lowest BCUT2D eigenvalue weighted by Crippen LogP contribution is -2.21. The number of nitrogens with zero attached hydrogens (tertiary/aromatic N) is 1. The van der Waals surface area contributed by atoms with Crippen molar-refractivity contribution in [3.63, 3.8) is 0 Å². The van der Waals surface area contributed by atoms with Gasteiger partial charge in [-0.1, -0.05) is 54.6 Å². The Morgan fingerprint density at radius 1 is 0.844 bits per heavy atom. The maximum absolute atomic E-state index is 12.7. The fraction of sp³-hybridized carbons (Fsp3) is 0.172. The van der Waals surface area contributed by atoms with E-state index in [1.807, 2.05) is 12.1 Å². The zero-order valence-corrected chi connectivity index (χ0v) is 17.7. The first-order valence-electron chi connectivity index (χ1n) is 11.2. The lowest BCUT2D eigenvalue weighted by atomic mass is 9.98. The highest BCUT2D eigenvalue weighted by atomic mass is 16.2. The van der Waals surface area contributed by atoms with Crippen LogP contribution in [0.1, 0.15) is 49.4 Å². The van der Waals surface area contributed by atoms with Crippen LogP contribution in [-0.2, 0) is 12.8 Å². The highest BCUT2D eigenvalue weighted by Gasteiger charge is 2.34. The van der Waals surface area contributed by atoms with Crippen molar-refractivity contribution in [3.8, 4) is 0 Å². The molecule has 32 heavy (non-hydrogen) atoms. The molecular formula is C29H21NO2. The molecule has 0 bridgehead atoms. The molecule has 2 aromatic carbocycles. The van der Waals surface area contributed by atoms with Crippen LogP contribution in [0.4, 0.5) is 0 Å². The van der Waals surface area contributed by atoms with Crippen LogP contribution in [0, 0.1) is 0 Å². The van der Waals surface area contributed by atoms with Crippen LogP contribution in [0.15, 0.2) is 83.1 Å². The first kappa shape index (κ1) is 17.9. The van der Waals surface area contributed by atoms with Crippen LogP contribution in [0.25, 0.3) is 11.6 Å². The van der Waals surface area contributed by atoms with Gasteiger partial charge in [0.1, 0.15) is 0 Å². The summed E-state index contributed by atoms with van der Waals surface area (Å²) in [5.74, 6) is -0.305. The van der Waals surface area contributed by atoms with E-state index in [1.54, 1.807) is 18.2 Å². The van der Waals surface area contributed by atoms with Gasteiger partial charge in [0.15, 0.2) is 11.6 Å². The summed E-state index contributed by atoms with van der Waals surface area (Å²) in [4.78, 5) is 27.9. The van der Waals surface area contributed by atoms with E-state index < -0.39 is 0 Å². The van der Waals surface area contributed by atoms with E-state index >= 15 is 0 Å². The van der Waals surface area contributed by atoms with Crippen molar-refractivity contribution in [3.05, 3.63) is 116 Å². The Morgan fingerprint density at radius 3 is 2.47 bits per heavy atom. The van der Waals surface area contributed by atoms with E-state index in [-0.39, 0.29) is 11.6 Å². The van der Waals surface area contributed by atoms with Gasteiger partial charge in [-0.3, -0.25) is 9.59 Å². The molecule has 3 nitrogen and oxygen atoms in total. The van der Waals surface area contributed by atoms with Gasteiger partial charge in [0.05, 0.1) is 5.57 Å². The molecule has 0 radical (unpaired) electrons. The predicted octanol–water partition coefficient (Wildman–Crippen LogP) is 5.10. The minimum Gasteiger partial charge on any atom is -0.366 e. The van der Waals surface area contributed by atoms with Crippen molar-refractivity contribution in [2.75, 3.05) is 13.1 Å². The van der Waals surface area contributed by atoms with E-state index in [0.717, 1.165) is 37.9 Å². The van der Waals surface area contributed by atoms with Gasteiger partial charge in [0, 0.05) is 36.3 Å². The molecule has 1 aliphatic heterocycles. The second kappa shape index (κ2) is 6.39. The van der Waals surface area contributed by atoms with Crippen LogP contribution < -0.4 is 0 Å². The Balaban J connectivity index is 1.08. The highest BCUT2D eigenvalue weighted by molar-refractivity contribution is 6.39. The van der Waals surface area contributed by atoms with Crippen molar-refractivity contribution in [2.24, 2.45) is 0 Å². The lowest BCUT2D eigenvalue weighted by Gasteiger charge is -2.23. The average molecular weight is 415 g/mol. The maximum Gasteiger partial charge on any atom is 0.197 e. The Morgan fingerprint density at radius 2 is 1.66 bits per heavy atom. The first-order valence-corrected chi connectivity index (χ1v) is 11.2. The van der Waals surface area contributed by atoms with Gasteiger partial charge in [0.2, 0.25) is 0 Å². The number of carbonyl (C=O) groups is 2. The smallest absolute Gasteiger partial charge is 0.197 e. The number of hydrogen-bond acceptors (Lipinski definition) is 3. The summed E-state index contributed by atoms with van der Waals surface area (Å²) in [6.07, 6.45) is 13.4. The minimum atomic E-state index is -0.152. The fourth-order valence-electron chi connectivity index (χ4n) is 5.77. The lowest BCUT2D eigenvalue weighted by molar-refractivity contribution is 0.0988. The minimum absolute atomic E-state index is 0.152. The third-order valence-corrected chi connectivity index (χ3v) is 7.40. The number of rotatable bonds is 2. The van der Waals surface area contributed by atoms with Crippen LogP contribution in [0.3, 0.4) is 0 Å². The van der Waals surface area contributed by atoms with Gasteiger partial charge in [0.25, 0.3) is 0 Å². The molecule has 0 aromatic heterocycles. The normalized spacial score (nSPS) is 20.0. The van der Waals surface area contributed by atoms with Crippen molar-refractivity contribution in [1.29, 1.82) is 0 Å². The Labute approximate surface area is 186 Å². The van der Waals surface area contributed by atoms with E-state index in [1.165, 1.54) is 39.1 Å².